The number of methoxy groups -OCH3 is 1. The Morgan fingerprint density at radius 2 is 0.944 bits per heavy atom. The number of carbonyl (C=O) groups is 8. The molecule has 5 aliphatic heterocycles. The van der Waals surface area contributed by atoms with Gasteiger partial charge in [-0.05, 0) is 92.2 Å². The van der Waals surface area contributed by atoms with Crippen LogP contribution in [0.5, 0.6) is 17.2 Å². The van der Waals surface area contributed by atoms with Gasteiger partial charge in [-0.15, -0.1) is 0 Å². The van der Waals surface area contributed by atoms with Crippen LogP contribution >= 0.6 is 0 Å². The van der Waals surface area contributed by atoms with E-state index in [2.05, 4.69) is 51.6 Å². The molecule has 6 amide bonds. The molecule has 27 nitrogen and oxygen atoms in total. The second kappa shape index (κ2) is 44.5. The summed E-state index contributed by atoms with van der Waals surface area (Å²) in [5, 5.41) is 26.3. The van der Waals surface area contributed by atoms with Crippen molar-refractivity contribution in [3.05, 3.63) is 321 Å². The van der Waals surface area contributed by atoms with Gasteiger partial charge in [0.05, 0.1) is 25.2 Å². The number of nitrogens with zero attached hydrogens (tertiary/aromatic N) is 5. The summed E-state index contributed by atoms with van der Waals surface area (Å²) < 4.78 is 111. The van der Waals surface area contributed by atoms with Crippen LogP contribution in [0, 0.1) is 58.6 Å². The van der Waals surface area contributed by atoms with E-state index >= 15 is 0 Å². The Balaban J connectivity index is 0.000000189. The van der Waals surface area contributed by atoms with Crippen molar-refractivity contribution in [2.45, 2.75) is 131 Å². The van der Waals surface area contributed by atoms with Crippen molar-refractivity contribution in [3.63, 3.8) is 0 Å². The molecule has 8 heterocycles. The zero-order chi connectivity index (χ0) is 89.8. The standard InChI is InChI=1S/C29H27F2N3O4.C22H23F2N3O4.C22H17F2NO6.C17H23NO2.CH2O3.Na/c1-17-8-9-18(2)33-15-24(17)34-14-22(28(36)32-13-20-10-11-21(30)12-23(20)31)26(35)27(25(34)29(33)37)38-16-19-6-4-3-5-7-19;1-11-3-4-12(2)26-10-17(11)27-9-15(19(28)20(29)18(27)22(26)31)21(30)25-8-13-5-6-14(23)7-16(13)24;1-29-22(28)20-19(30-11-13-5-3-2-4-6-13)18(26)16(12-31-20)21(27)25-10-14-7-8-15(23)9-17(14)24;1-13-9-10-15(3)18(11-14(13)2)17(19)20-12-16-7-5-4-6-8-16;2-1-4-3;/h3-12,14,17-18,24H,13,15-16H2,1-2H3,(H,32,36);5-7,9,11-12,17,29H,3-4,8,10H2,1-2H3,(H,25,30);2-9,12H,10-11H2,1H3,(H,25,27);4-10,13-15H,11-12H2,1-3H3;1,3H;/q;;;;;+1/p-1/t17-,18+,24-;11-,12+,17-;;13-,14-,15+;;/m11.1../s1. The summed E-state index contributed by atoms with van der Waals surface area (Å²) in [6.45, 7) is 15.1. The molecule has 14 rings (SSSR count). The molecule has 6 aromatic carbocycles. The first-order valence-electron chi connectivity index (χ1n) is 39.5. The van der Waals surface area contributed by atoms with E-state index in [1.807, 2.05) is 112 Å². The molecule has 125 heavy (non-hydrogen) atoms. The Labute approximate surface area is 736 Å². The minimum atomic E-state index is -0.961. The van der Waals surface area contributed by atoms with E-state index in [9.17, 15) is 79.4 Å². The normalized spacial score (nSPS) is 18.6. The van der Waals surface area contributed by atoms with Gasteiger partial charge in [-0.2, -0.15) is 0 Å². The molecule has 0 unspecified atom stereocenters. The number of allylic oxidation sites excluding steroid dienone is 2. The second-order valence-electron chi connectivity index (χ2n) is 30.2. The molecular formula is C91H91F6N8NaO19. The number of rotatable bonds is 19. The molecule has 0 saturated carbocycles. The maximum Gasteiger partial charge on any atom is 1.00 e. The molecule has 0 aliphatic carbocycles. The third kappa shape index (κ3) is 23.9. The zero-order valence-electron chi connectivity index (χ0n) is 69.7. The monoisotopic (exact) mass is 1740 g/mol. The molecule has 652 valence electrons. The van der Waals surface area contributed by atoms with Crippen molar-refractivity contribution in [1.82, 2.24) is 39.8 Å². The second-order valence-corrected chi connectivity index (χ2v) is 30.2. The molecule has 34 heteroatoms. The van der Waals surface area contributed by atoms with Gasteiger partial charge in [0.2, 0.25) is 22.0 Å². The fourth-order valence-corrected chi connectivity index (χ4v) is 14.2. The van der Waals surface area contributed by atoms with E-state index in [0.717, 1.165) is 68.2 Å². The molecule has 9 aromatic rings. The van der Waals surface area contributed by atoms with Gasteiger partial charge in [-0.25, -0.2) is 35.9 Å². The first kappa shape index (κ1) is 96.0. The Bertz CT molecular complexity index is 5650. The van der Waals surface area contributed by atoms with Gasteiger partial charge in [0.15, 0.2) is 22.9 Å². The van der Waals surface area contributed by atoms with Crippen LogP contribution in [0.25, 0.3) is 0 Å². The summed E-state index contributed by atoms with van der Waals surface area (Å²) in [6.07, 6.45) is 13.2. The third-order valence-corrected chi connectivity index (χ3v) is 21.7. The van der Waals surface area contributed by atoms with Crippen molar-refractivity contribution >= 4 is 48.1 Å². The van der Waals surface area contributed by atoms with Crippen LogP contribution in [0.3, 0.4) is 0 Å². The molecule has 4 bridgehead atoms. The number of halogens is 6. The van der Waals surface area contributed by atoms with E-state index in [-0.39, 0.29) is 168 Å². The average molecular weight is 1740 g/mol. The summed E-state index contributed by atoms with van der Waals surface area (Å²) in [4.78, 5) is 145. The average Bonchev–Trinajstić information content (AvgIpc) is 1.74. The Kier molecular flexibility index (Phi) is 34.1. The van der Waals surface area contributed by atoms with Gasteiger partial charge in [0.1, 0.15) is 77.7 Å². The molecule has 0 spiro atoms. The summed E-state index contributed by atoms with van der Waals surface area (Å²) >= 11 is 0. The van der Waals surface area contributed by atoms with Crippen molar-refractivity contribution in [2.75, 3.05) is 26.7 Å². The van der Waals surface area contributed by atoms with Gasteiger partial charge in [0.25, 0.3) is 41.8 Å². The molecule has 9 atom stereocenters. The number of hydrogen-bond donors (Lipinski definition) is 4. The van der Waals surface area contributed by atoms with Gasteiger partial charge in [-0.1, -0.05) is 161 Å². The number of ether oxygens (including phenoxy) is 4. The number of pyridine rings is 2. The smallest absolute Gasteiger partial charge is 0.662 e. The number of esters is 1. The predicted molar refractivity (Wildman–Crippen MR) is 437 cm³/mol. The summed E-state index contributed by atoms with van der Waals surface area (Å²) in [7, 11) is 1.10. The van der Waals surface area contributed by atoms with Crippen molar-refractivity contribution < 1.29 is 133 Å². The molecule has 5 aliphatic rings. The first-order valence-corrected chi connectivity index (χ1v) is 39.5. The van der Waals surface area contributed by atoms with Gasteiger partial charge in [0, 0.05) is 98.6 Å². The number of amides is 6. The first-order chi connectivity index (χ1) is 59.3. The fraction of sp³-hybridized carbons (Fsp3) is 0.308. The van der Waals surface area contributed by atoms with E-state index < -0.39 is 104 Å². The summed E-state index contributed by atoms with van der Waals surface area (Å²) in [5.74, 6) is -9.76. The van der Waals surface area contributed by atoms with Crippen LogP contribution in [0.15, 0.2) is 207 Å². The number of nitrogens with one attached hydrogen (secondary N) is 3. The van der Waals surface area contributed by atoms with Crippen molar-refractivity contribution in [1.29, 1.82) is 0 Å². The van der Waals surface area contributed by atoms with Crippen molar-refractivity contribution in [2.24, 2.45) is 23.7 Å². The van der Waals surface area contributed by atoms with Crippen LogP contribution in [0.1, 0.15) is 169 Å². The van der Waals surface area contributed by atoms with Crippen LogP contribution in [-0.4, -0.2) is 122 Å². The van der Waals surface area contributed by atoms with Crippen LogP contribution < -0.4 is 76.5 Å². The largest absolute Gasteiger partial charge is 1.00 e. The predicted octanol–water partition coefficient (Wildman–Crippen LogP) is 9.31. The molecule has 0 radical (unpaired) electrons. The topological polar surface area (TPSA) is 346 Å². The fourth-order valence-electron chi connectivity index (χ4n) is 14.2. The van der Waals surface area contributed by atoms with Gasteiger partial charge in [-0.3, -0.25) is 43.2 Å². The van der Waals surface area contributed by atoms with Gasteiger partial charge >= 0.3 is 41.6 Å². The Morgan fingerprint density at radius 1 is 0.512 bits per heavy atom. The van der Waals surface area contributed by atoms with Crippen LogP contribution in [0.2, 0.25) is 0 Å². The number of hydrogen-bond acceptors (Lipinski definition) is 19. The van der Waals surface area contributed by atoms with E-state index in [0.29, 0.717) is 49.2 Å². The number of benzene rings is 6. The summed E-state index contributed by atoms with van der Waals surface area (Å²) in [6, 6.07) is 36.1. The van der Waals surface area contributed by atoms with E-state index in [4.69, 9.17) is 28.7 Å². The van der Waals surface area contributed by atoms with E-state index in [1.54, 1.807) is 44.7 Å². The number of aromatic nitrogens is 2. The molecule has 1 fully saturated rings. The maximum atomic E-state index is 14.1. The van der Waals surface area contributed by atoms with Gasteiger partial charge < -0.3 is 78.4 Å². The summed E-state index contributed by atoms with van der Waals surface area (Å²) in [5.41, 5.74) is -0.977. The maximum absolute atomic E-state index is 14.1. The Hall–Kier alpha value is -12.9. The zero-order valence-corrected chi connectivity index (χ0v) is 71.7. The molecule has 4 N–H and O–H groups in total. The number of fused-ring (bicyclic) bond motifs is 8. The van der Waals surface area contributed by atoms with E-state index in [1.165, 1.54) is 35.2 Å². The minimum absolute atomic E-state index is 0. The SMILES string of the molecule is COC(=O)c1occ(C(=O)NCc2ccc(F)cc2F)c(=O)c1OCc1ccccc1.C[C@@H]1C=C[C@H](C)N(C(=O)OCc2ccccc2)C[C@H]1C.C[C@@H]1C=C[C@H](C)N2C[C@H]1n1cc(C(=O)NCc3ccc(F)cc3F)c(=O)c(OCc3ccccc3)c1C2=O.C[C@@H]1CC[C@H](C)N2C[C@H]1n1cc(C(=O)NCc3ccc(F)cc3F)c(=O)c(O)c1C2=O.O=CO[O-].[Na+]. The van der Waals surface area contributed by atoms with Crippen molar-refractivity contribution in [3.8, 4) is 17.2 Å². The van der Waals surface area contributed by atoms with Crippen LogP contribution in [-0.2, 0) is 58.6 Å². The number of aromatic hydroxyl groups is 1. The van der Waals surface area contributed by atoms with Crippen LogP contribution in [0.4, 0.5) is 31.1 Å². The third-order valence-electron chi connectivity index (χ3n) is 21.7. The number of carbonyl (C=O) groups excluding carboxylic acids is 8. The molecule has 1 saturated heterocycles. The molecule has 3 aromatic heterocycles. The quantitative estimate of drug-likeness (QED) is 0.0111. The molecular weight excluding hydrogens is 1650 g/mol. The minimum Gasteiger partial charge on any atom is -0.662 e. The Morgan fingerprint density at radius 3 is 1.43 bits per heavy atom.